The Hall–Kier alpha value is -3.90. The van der Waals surface area contributed by atoms with Crippen LogP contribution in [0.15, 0.2) is 46.5 Å². The SMILES string of the molecule is O=C(O)c1ccc2c(c1)/C(=N\OCCN1CCNCC1)C(c1c(O)[nH]c3c(C(F)(F)F)cccc13)=N2. The van der Waals surface area contributed by atoms with Crippen LogP contribution >= 0.6 is 0 Å². The fourth-order valence-electron chi connectivity index (χ4n) is 4.42. The van der Waals surface area contributed by atoms with Crippen LogP contribution in [-0.2, 0) is 11.0 Å². The van der Waals surface area contributed by atoms with Gasteiger partial charge in [0.2, 0.25) is 0 Å². The molecule has 0 spiro atoms. The second kappa shape index (κ2) is 9.28. The van der Waals surface area contributed by atoms with Crippen molar-refractivity contribution in [1.29, 1.82) is 0 Å². The number of benzene rings is 2. The number of hydrogen-bond donors (Lipinski definition) is 4. The number of nitrogens with one attached hydrogen (secondary N) is 2. The number of halogens is 3. The topological polar surface area (TPSA) is 123 Å². The molecule has 0 amide bonds. The van der Waals surface area contributed by atoms with E-state index >= 15 is 0 Å². The molecule has 2 aliphatic rings. The third kappa shape index (κ3) is 4.40. The Kier molecular flexibility index (Phi) is 6.14. The van der Waals surface area contributed by atoms with Crippen molar-refractivity contribution < 1.29 is 33.0 Å². The van der Waals surface area contributed by atoms with Gasteiger partial charge in [-0.3, -0.25) is 4.90 Å². The molecule has 9 nitrogen and oxygen atoms in total. The Bertz CT molecular complexity index is 1390. The van der Waals surface area contributed by atoms with Crippen LogP contribution in [0.25, 0.3) is 10.9 Å². The predicted molar refractivity (Wildman–Crippen MR) is 126 cm³/mol. The molecule has 0 saturated carbocycles. The summed E-state index contributed by atoms with van der Waals surface area (Å²) in [6, 6.07) is 7.82. The van der Waals surface area contributed by atoms with Crippen molar-refractivity contribution >= 4 is 34.0 Å². The molecule has 0 atom stereocenters. The fourth-order valence-corrected chi connectivity index (χ4v) is 4.42. The standard InChI is InChI=1S/C24H22F3N5O4/c25-24(26,27)16-3-1-2-14-18(22(33)30-19(14)16)21-20(31-36-11-10-32-8-6-28-7-9-32)15-12-13(23(34)35)4-5-17(15)29-21/h1-5,12,28,30,33H,6-11H2,(H,34,35)/b31-20+. The van der Waals surface area contributed by atoms with E-state index in [0.717, 1.165) is 32.2 Å². The summed E-state index contributed by atoms with van der Waals surface area (Å²) < 4.78 is 40.7. The maximum Gasteiger partial charge on any atom is 0.418 e. The second-order valence-corrected chi connectivity index (χ2v) is 8.44. The van der Waals surface area contributed by atoms with Gasteiger partial charge in [0.1, 0.15) is 18.0 Å². The van der Waals surface area contributed by atoms with Crippen LogP contribution < -0.4 is 5.32 Å². The number of aromatic hydroxyl groups is 1. The molecule has 0 unspecified atom stereocenters. The summed E-state index contributed by atoms with van der Waals surface area (Å²) in [6.07, 6.45) is -4.64. The number of carboxylic acids is 1. The summed E-state index contributed by atoms with van der Waals surface area (Å²) in [7, 11) is 0. The molecule has 5 rings (SSSR count). The number of carbonyl (C=O) groups is 1. The quantitative estimate of drug-likeness (QED) is 0.304. The van der Waals surface area contributed by atoms with Crippen molar-refractivity contribution in [3.8, 4) is 5.88 Å². The lowest BCUT2D eigenvalue weighted by molar-refractivity contribution is -0.136. The van der Waals surface area contributed by atoms with Crippen LogP contribution in [0.1, 0.15) is 27.0 Å². The minimum Gasteiger partial charge on any atom is -0.494 e. The number of H-pyrrole nitrogens is 1. The summed E-state index contributed by atoms with van der Waals surface area (Å²) in [5.74, 6) is -1.67. The predicted octanol–water partition coefficient (Wildman–Crippen LogP) is 3.35. The number of nitrogens with zero attached hydrogens (tertiary/aromatic N) is 3. The maximum absolute atomic E-state index is 13.6. The van der Waals surface area contributed by atoms with Gasteiger partial charge >= 0.3 is 12.1 Å². The number of aromatic nitrogens is 1. The lowest BCUT2D eigenvalue weighted by atomic mass is 9.99. The Morgan fingerprint density at radius 2 is 1.97 bits per heavy atom. The van der Waals surface area contributed by atoms with Gasteiger partial charge in [0, 0.05) is 43.7 Å². The number of para-hydroxylation sites is 1. The molecule has 3 aromatic rings. The molecule has 2 aromatic carbocycles. The third-order valence-corrected chi connectivity index (χ3v) is 6.18. The van der Waals surface area contributed by atoms with Crippen molar-refractivity contribution in [3.05, 3.63) is 58.7 Å². The molecule has 1 aromatic heterocycles. The Morgan fingerprint density at radius 1 is 1.19 bits per heavy atom. The van der Waals surface area contributed by atoms with Crippen molar-refractivity contribution in [1.82, 2.24) is 15.2 Å². The third-order valence-electron chi connectivity index (χ3n) is 6.18. The van der Waals surface area contributed by atoms with E-state index in [1.54, 1.807) is 0 Å². The smallest absolute Gasteiger partial charge is 0.418 e. The van der Waals surface area contributed by atoms with Crippen LogP contribution in [0.4, 0.5) is 18.9 Å². The number of alkyl halides is 3. The lowest BCUT2D eigenvalue weighted by Gasteiger charge is -2.26. The van der Waals surface area contributed by atoms with Crippen LogP contribution in [0.2, 0.25) is 0 Å². The van der Waals surface area contributed by atoms with Crippen LogP contribution in [0, 0.1) is 0 Å². The summed E-state index contributed by atoms with van der Waals surface area (Å²) in [4.78, 5) is 26.2. The zero-order valence-corrected chi connectivity index (χ0v) is 18.9. The number of hydrogen-bond acceptors (Lipinski definition) is 7. The first-order valence-corrected chi connectivity index (χ1v) is 11.2. The highest BCUT2D eigenvalue weighted by Gasteiger charge is 2.36. The molecule has 12 heteroatoms. The largest absolute Gasteiger partial charge is 0.494 e. The molecule has 188 valence electrons. The number of carboxylic acid groups (broad SMARTS) is 1. The Morgan fingerprint density at radius 3 is 2.69 bits per heavy atom. The number of fused-ring (bicyclic) bond motifs is 2. The van der Waals surface area contributed by atoms with E-state index in [1.165, 1.54) is 30.3 Å². The summed E-state index contributed by atoms with van der Waals surface area (Å²) >= 11 is 0. The molecular weight excluding hydrogens is 479 g/mol. The van der Waals surface area contributed by atoms with Crippen molar-refractivity contribution in [2.24, 2.45) is 10.1 Å². The highest BCUT2D eigenvalue weighted by atomic mass is 19.4. The van der Waals surface area contributed by atoms with Gasteiger partial charge in [0.05, 0.1) is 27.9 Å². The van der Waals surface area contributed by atoms with Gasteiger partial charge in [-0.1, -0.05) is 17.3 Å². The first-order valence-electron chi connectivity index (χ1n) is 11.2. The van der Waals surface area contributed by atoms with Gasteiger partial charge in [-0.15, -0.1) is 0 Å². The second-order valence-electron chi connectivity index (χ2n) is 8.44. The highest BCUT2D eigenvalue weighted by molar-refractivity contribution is 6.58. The van der Waals surface area contributed by atoms with Crippen LogP contribution in [-0.4, -0.2) is 76.8 Å². The number of aliphatic imine (C=N–C) groups is 1. The van der Waals surface area contributed by atoms with Gasteiger partial charge in [-0.2, -0.15) is 13.2 Å². The van der Waals surface area contributed by atoms with Gasteiger partial charge < -0.3 is 25.4 Å². The number of piperazine rings is 1. The minimum absolute atomic E-state index is 0.0128. The highest BCUT2D eigenvalue weighted by Crippen LogP contribution is 2.40. The van der Waals surface area contributed by atoms with Crippen molar-refractivity contribution in [2.45, 2.75) is 6.18 Å². The molecule has 4 N–H and O–H groups in total. The maximum atomic E-state index is 13.6. The van der Waals surface area contributed by atoms with Gasteiger partial charge in [-0.25, -0.2) is 9.79 Å². The van der Waals surface area contributed by atoms with Crippen molar-refractivity contribution in [3.63, 3.8) is 0 Å². The molecule has 0 radical (unpaired) electrons. The van der Waals surface area contributed by atoms with E-state index < -0.39 is 23.6 Å². The van der Waals surface area contributed by atoms with Crippen LogP contribution in [0.5, 0.6) is 5.88 Å². The average molecular weight is 501 g/mol. The van der Waals surface area contributed by atoms with Gasteiger partial charge in [0.15, 0.2) is 5.88 Å². The zero-order valence-electron chi connectivity index (χ0n) is 18.9. The molecule has 36 heavy (non-hydrogen) atoms. The number of aromatic carboxylic acids is 1. The van der Waals surface area contributed by atoms with E-state index in [9.17, 15) is 28.2 Å². The zero-order chi connectivity index (χ0) is 25.4. The van der Waals surface area contributed by atoms with Gasteiger partial charge in [-0.05, 0) is 24.3 Å². The van der Waals surface area contributed by atoms with E-state index in [0.29, 0.717) is 17.8 Å². The minimum atomic E-state index is -4.64. The lowest BCUT2D eigenvalue weighted by Crippen LogP contribution is -2.44. The van der Waals surface area contributed by atoms with Gasteiger partial charge in [0.25, 0.3) is 0 Å². The summed E-state index contributed by atoms with van der Waals surface area (Å²) in [6.45, 7) is 4.32. The van der Waals surface area contributed by atoms with Crippen molar-refractivity contribution in [2.75, 3.05) is 39.3 Å². The number of oxime groups is 1. The molecule has 3 heterocycles. The van der Waals surface area contributed by atoms with E-state index in [1.807, 2.05) is 0 Å². The monoisotopic (exact) mass is 501 g/mol. The Balaban J connectivity index is 1.54. The van der Waals surface area contributed by atoms with E-state index in [-0.39, 0.29) is 40.1 Å². The number of aromatic amines is 1. The molecule has 0 aliphatic carbocycles. The Labute approximate surface area is 202 Å². The average Bonchev–Trinajstić information content (AvgIpc) is 3.37. The first kappa shape index (κ1) is 23.8. The molecule has 1 fully saturated rings. The molecule has 2 aliphatic heterocycles. The first-order chi connectivity index (χ1) is 17.2. The summed E-state index contributed by atoms with van der Waals surface area (Å²) in [5.41, 5.74) is -0.305. The molecule has 0 bridgehead atoms. The number of rotatable bonds is 6. The van der Waals surface area contributed by atoms with E-state index in [4.69, 9.17) is 4.84 Å². The molecular formula is C24H22F3N5O4. The fraction of sp³-hybridized carbons (Fsp3) is 0.292. The molecule has 1 saturated heterocycles. The van der Waals surface area contributed by atoms with E-state index in [2.05, 4.69) is 25.3 Å². The normalized spacial score (nSPS) is 17.4. The van der Waals surface area contributed by atoms with Crippen LogP contribution in [0.3, 0.4) is 0 Å². The summed E-state index contributed by atoms with van der Waals surface area (Å²) in [5, 5.41) is 27.7.